The molecule has 2 unspecified atom stereocenters. The van der Waals surface area contributed by atoms with Crippen molar-refractivity contribution in [1.82, 2.24) is 4.90 Å². The topological polar surface area (TPSA) is 40.5 Å². The van der Waals surface area contributed by atoms with Gasteiger partial charge >= 0.3 is 5.97 Å². The molecule has 1 aliphatic carbocycles. The van der Waals surface area contributed by atoms with Gasteiger partial charge in [-0.1, -0.05) is 25.7 Å². The summed E-state index contributed by atoms with van der Waals surface area (Å²) in [5.74, 6) is 0.984. The number of aliphatic carboxylic acids is 1. The summed E-state index contributed by atoms with van der Waals surface area (Å²) in [6.45, 7) is 0.988. The quantitative estimate of drug-likeness (QED) is 0.759. The van der Waals surface area contributed by atoms with Crippen molar-refractivity contribution in [2.75, 3.05) is 13.6 Å². The third-order valence-electron chi connectivity index (χ3n) is 4.22. The van der Waals surface area contributed by atoms with Crippen LogP contribution in [0.4, 0.5) is 0 Å². The lowest BCUT2D eigenvalue weighted by Gasteiger charge is -2.37. The molecule has 2 aliphatic rings. The minimum atomic E-state index is -0.651. The van der Waals surface area contributed by atoms with Crippen molar-refractivity contribution in [3.8, 4) is 0 Å². The molecule has 0 spiro atoms. The summed E-state index contributed by atoms with van der Waals surface area (Å²) in [6, 6.07) is -0.234. The number of carboxylic acids is 1. The summed E-state index contributed by atoms with van der Waals surface area (Å²) in [6.07, 6.45) is 7.46. The standard InChI is InChI=1S/C12H21NO2/c1-13-8-10(9-4-2-3-5-9)6-7-11(13)12(14)15/h9-11H,2-8H2,1H3,(H,14,15). The van der Waals surface area contributed by atoms with E-state index in [-0.39, 0.29) is 6.04 Å². The van der Waals surface area contributed by atoms with Crippen molar-refractivity contribution in [3.63, 3.8) is 0 Å². The number of rotatable bonds is 2. The molecule has 0 aromatic rings. The maximum Gasteiger partial charge on any atom is 0.320 e. The molecule has 1 saturated heterocycles. The molecular weight excluding hydrogens is 190 g/mol. The van der Waals surface area contributed by atoms with Crippen molar-refractivity contribution in [2.45, 2.75) is 44.6 Å². The number of hydrogen-bond donors (Lipinski definition) is 1. The maximum absolute atomic E-state index is 11.0. The van der Waals surface area contributed by atoms with E-state index in [0.717, 1.165) is 31.2 Å². The molecule has 86 valence electrons. The maximum atomic E-state index is 11.0. The van der Waals surface area contributed by atoms with Crippen LogP contribution in [0, 0.1) is 11.8 Å². The van der Waals surface area contributed by atoms with Gasteiger partial charge in [0.25, 0.3) is 0 Å². The molecule has 3 heteroatoms. The Morgan fingerprint density at radius 3 is 2.33 bits per heavy atom. The molecule has 0 aromatic carbocycles. The van der Waals surface area contributed by atoms with Crippen LogP contribution in [0.2, 0.25) is 0 Å². The molecule has 3 nitrogen and oxygen atoms in total. The van der Waals surface area contributed by atoms with Gasteiger partial charge in [-0.2, -0.15) is 0 Å². The van der Waals surface area contributed by atoms with Gasteiger partial charge in [0.2, 0.25) is 0 Å². The lowest BCUT2D eigenvalue weighted by Crippen LogP contribution is -2.46. The number of carboxylic acid groups (broad SMARTS) is 1. The van der Waals surface area contributed by atoms with Crippen LogP contribution in [0.1, 0.15) is 38.5 Å². The van der Waals surface area contributed by atoms with E-state index in [1.54, 1.807) is 0 Å². The zero-order valence-corrected chi connectivity index (χ0v) is 9.48. The van der Waals surface area contributed by atoms with Gasteiger partial charge in [-0.3, -0.25) is 9.69 Å². The van der Waals surface area contributed by atoms with Crippen LogP contribution >= 0.6 is 0 Å². The molecule has 2 fully saturated rings. The predicted molar refractivity (Wildman–Crippen MR) is 58.7 cm³/mol. The number of likely N-dealkylation sites (N-methyl/N-ethyl adjacent to an activating group) is 1. The van der Waals surface area contributed by atoms with E-state index in [2.05, 4.69) is 0 Å². The Balaban J connectivity index is 1.90. The van der Waals surface area contributed by atoms with Crippen molar-refractivity contribution < 1.29 is 9.90 Å². The summed E-state index contributed by atoms with van der Waals surface area (Å²) < 4.78 is 0. The van der Waals surface area contributed by atoms with Crippen molar-refractivity contribution in [3.05, 3.63) is 0 Å². The van der Waals surface area contributed by atoms with Crippen LogP contribution in [-0.4, -0.2) is 35.6 Å². The van der Waals surface area contributed by atoms with Crippen LogP contribution in [-0.2, 0) is 4.79 Å². The Hall–Kier alpha value is -0.570. The van der Waals surface area contributed by atoms with Crippen LogP contribution in [0.25, 0.3) is 0 Å². The van der Waals surface area contributed by atoms with Gasteiger partial charge < -0.3 is 5.11 Å². The van der Waals surface area contributed by atoms with Crippen LogP contribution < -0.4 is 0 Å². The highest BCUT2D eigenvalue weighted by atomic mass is 16.4. The average molecular weight is 211 g/mol. The number of likely N-dealkylation sites (tertiary alicyclic amines) is 1. The van der Waals surface area contributed by atoms with Gasteiger partial charge in [0, 0.05) is 6.54 Å². The molecule has 0 aromatic heterocycles. The molecule has 2 rings (SSSR count). The first-order chi connectivity index (χ1) is 7.18. The second-order valence-electron chi connectivity index (χ2n) is 5.18. The summed E-state index contributed by atoms with van der Waals surface area (Å²) in [5, 5.41) is 9.02. The van der Waals surface area contributed by atoms with E-state index in [1.807, 2.05) is 11.9 Å². The molecule has 0 amide bonds. The van der Waals surface area contributed by atoms with E-state index in [1.165, 1.54) is 25.7 Å². The highest BCUT2D eigenvalue weighted by Gasteiger charge is 2.34. The number of piperidine rings is 1. The van der Waals surface area contributed by atoms with Gasteiger partial charge in [0.05, 0.1) is 0 Å². The van der Waals surface area contributed by atoms with Crippen molar-refractivity contribution in [2.24, 2.45) is 11.8 Å². The van der Waals surface area contributed by atoms with Crippen LogP contribution in [0.15, 0.2) is 0 Å². The molecule has 1 heterocycles. The molecule has 1 aliphatic heterocycles. The van der Waals surface area contributed by atoms with Crippen molar-refractivity contribution in [1.29, 1.82) is 0 Å². The fourth-order valence-corrected chi connectivity index (χ4v) is 3.31. The minimum Gasteiger partial charge on any atom is -0.480 e. The molecule has 1 N–H and O–H groups in total. The Kier molecular flexibility index (Phi) is 3.29. The van der Waals surface area contributed by atoms with Gasteiger partial charge in [-0.05, 0) is 31.7 Å². The summed E-state index contributed by atoms with van der Waals surface area (Å²) >= 11 is 0. The van der Waals surface area contributed by atoms with Gasteiger partial charge in [-0.25, -0.2) is 0 Å². The van der Waals surface area contributed by atoms with E-state index in [4.69, 9.17) is 5.11 Å². The Bertz CT molecular complexity index is 236. The van der Waals surface area contributed by atoms with E-state index in [0.29, 0.717) is 0 Å². The zero-order valence-electron chi connectivity index (χ0n) is 9.48. The van der Waals surface area contributed by atoms with Gasteiger partial charge in [-0.15, -0.1) is 0 Å². The number of nitrogens with zero attached hydrogens (tertiary/aromatic N) is 1. The lowest BCUT2D eigenvalue weighted by molar-refractivity contribution is -0.144. The van der Waals surface area contributed by atoms with E-state index < -0.39 is 5.97 Å². The number of carbonyl (C=O) groups is 1. The Labute approximate surface area is 91.5 Å². The Morgan fingerprint density at radius 2 is 1.80 bits per heavy atom. The average Bonchev–Trinajstić information content (AvgIpc) is 2.69. The van der Waals surface area contributed by atoms with Gasteiger partial charge in [0.15, 0.2) is 0 Å². The predicted octanol–water partition coefficient (Wildman–Crippen LogP) is 1.97. The minimum absolute atomic E-state index is 0.234. The van der Waals surface area contributed by atoms with Crippen LogP contribution in [0.3, 0.4) is 0 Å². The molecule has 0 radical (unpaired) electrons. The molecule has 15 heavy (non-hydrogen) atoms. The monoisotopic (exact) mass is 211 g/mol. The SMILES string of the molecule is CN1CC(C2CCCC2)CCC1C(=O)O. The molecule has 2 atom stereocenters. The fraction of sp³-hybridized carbons (Fsp3) is 0.917. The molecule has 1 saturated carbocycles. The van der Waals surface area contributed by atoms with E-state index >= 15 is 0 Å². The largest absolute Gasteiger partial charge is 0.480 e. The highest BCUT2D eigenvalue weighted by Crippen LogP contribution is 2.36. The third kappa shape index (κ3) is 2.33. The lowest BCUT2D eigenvalue weighted by atomic mass is 9.82. The summed E-state index contributed by atoms with van der Waals surface area (Å²) in [5.41, 5.74) is 0. The first-order valence-electron chi connectivity index (χ1n) is 6.11. The van der Waals surface area contributed by atoms with E-state index in [9.17, 15) is 4.79 Å². The Morgan fingerprint density at radius 1 is 1.13 bits per heavy atom. The first kappa shape index (κ1) is 10.9. The normalized spacial score (nSPS) is 34.5. The second kappa shape index (κ2) is 4.52. The summed E-state index contributed by atoms with van der Waals surface area (Å²) in [4.78, 5) is 13.0. The zero-order chi connectivity index (χ0) is 10.8. The molecular formula is C12H21NO2. The fourth-order valence-electron chi connectivity index (χ4n) is 3.31. The second-order valence-corrected chi connectivity index (χ2v) is 5.18. The third-order valence-corrected chi connectivity index (χ3v) is 4.22. The number of hydrogen-bond acceptors (Lipinski definition) is 2. The summed E-state index contributed by atoms with van der Waals surface area (Å²) in [7, 11) is 1.96. The van der Waals surface area contributed by atoms with Crippen molar-refractivity contribution >= 4 is 5.97 Å². The smallest absolute Gasteiger partial charge is 0.320 e. The van der Waals surface area contributed by atoms with Crippen LogP contribution in [0.5, 0.6) is 0 Å². The first-order valence-corrected chi connectivity index (χ1v) is 6.11. The van der Waals surface area contributed by atoms with Gasteiger partial charge in [0.1, 0.15) is 6.04 Å². The highest BCUT2D eigenvalue weighted by molar-refractivity contribution is 5.73. The molecule has 0 bridgehead atoms.